The highest BCUT2D eigenvalue weighted by Crippen LogP contribution is 2.43. The zero-order chi connectivity index (χ0) is 32.6. The number of rotatable bonds is 5. The van der Waals surface area contributed by atoms with Crippen molar-refractivity contribution in [2.24, 2.45) is 0 Å². The van der Waals surface area contributed by atoms with Crippen LogP contribution in [0.5, 0.6) is 0 Å². The predicted molar refractivity (Wildman–Crippen MR) is 162 cm³/mol. The van der Waals surface area contributed by atoms with Crippen molar-refractivity contribution >= 4 is 74.2 Å². The molecule has 1 heterocycles. The Kier molecular flexibility index (Phi) is 7.53. The maximum atomic E-state index is 12.5. The van der Waals surface area contributed by atoms with Crippen molar-refractivity contribution in [2.75, 3.05) is 28.4 Å². The first-order chi connectivity index (χ1) is 21.3. The lowest BCUT2D eigenvalue weighted by Crippen LogP contribution is -2.07. The largest absolute Gasteiger partial charge is 0.465 e. The smallest absolute Gasteiger partial charge is 0.337 e. The Morgan fingerprint density at radius 3 is 1.40 bits per heavy atom. The molecule has 0 radical (unpaired) electrons. The summed E-state index contributed by atoms with van der Waals surface area (Å²) >= 11 is 0. The summed E-state index contributed by atoms with van der Waals surface area (Å²) in [6.07, 6.45) is 0. The van der Waals surface area contributed by atoms with Crippen molar-refractivity contribution in [1.82, 2.24) is 0 Å². The van der Waals surface area contributed by atoms with Crippen molar-refractivity contribution in [3.8, 4) is 0 Å². The Morgan fingerprint density at radius 2 is 0.978 bits per heavy atom. The highest BCUT2D eigenvalue weighted by atomic mass is 16.6. The minimum absolute atomic E-state index is 0.0518. The maximum absolute atomic E-state index is 12.5. The molecule has 8 bridgehead atoms. The molecule has 18 nitrogen and oxygen atoms in total. The molecule has 0 saturated heterocycles. The normalized spacial score (nSPS) is 11.5. The predicted octanol–water partition coefficient (Wildman–Crippen LogP) is 6.70. The number of fused-ring (bicyclic) bond motifs is 8. The average Bonchev–Trinajstić information content (AvgIpc) is 2.97. The fourth-order valence-electron chi connectivity index (χ4n) is 4.61. The summed E-state index contributed by atoms with van der Waals surface area (Å²) < 4.78 is 4.80. The van der Waals surface area contributed by atoms with Crippen molar-refractivity contribution in [1.29, 1.82) is 0 Å². The number of methoxy groups -OCH3 is 1. The Labute approximate surface area is 251 Å². The standard InChI is InChI=1S/C27H20N8O10/c1-13-3-4-15-8-18(13)31-22-10-21(25(34(41)42)12-26(22)35(43)44)30-17-6-14(27(36)45-2)5-16(7-17)29-20-9-19(28-15)23(32(37)38)11-24(20)33(39)40/h3-12,28-31H,1-2H3. The lowest BCUT2D eigenvalue weighted by Gasteiger charge is -2.17. The van der Waals surface area contributed by atoms with Gasteiger partial charge in [-0.1, -0.05) is 6.07 Å². The fourth-order valence-corrected chi connectivity index (χ4v) is 4.61. The van der Waals surface area contributed by atoms with E-state index >= 15 is 0 Å². The lowest BCUT2D eigenvalue weighted by molar-refractivity contribution is -0.393. The van der Waals surface area contributed by atoms with E-state index in [4.69, 9.17) is 4.74 Å². The van der Waals surface area contributed by atoms with Gasteiger partial charge in [0.05, 0.1) is 44.5 Å². The molecular formula is C27H20N8O10. The molecule has 4 aromatic rings. The molecule has 0 fully saturated rings. The van der Waals surface area contributed by atoms with Crippen LogP contribution in [0.2, 0.25) is 0 Å². The van der Waals surface area contributed by atoms with E-state index in [0.29, 0.717) is 11.3 Å². The van der Waals surface area contributed by atoms with E-state index in [0.717, 1.165) is 31.4 Å². The van der Waals surface area contributed by atoms with E-state index in [-0.39, 0.29) is 45.4 Å². The number of benzene rings is 4. The summed E-state index contributed by atoms with van der Waals surface area (Å²) in [4.78, 5) is 57.1. The van der Waals surface area contributed by atoms with Crippen LogP contribution in [0.1, 0.15) is 15.9 Å². The van der Waals surface area contributed by atoms with Gasteiger partial charge in [-0.25, -0.2) is 4.79 Å². The molecule has 45 heavy (non-hydrogen) atoms. The first-order valence-electron chi connectivity index (χ1n) is 12.7. The maximum Gasteiger partial charge on any atom is 0.337 e. The van der Waals surface area contributed by atoms with Gasteiger partial charge in [0.15, 0.2) is 0 Å². The van der Waals surface area contributed by atoms with E-state index < -0.39 is 48.4 Å². The van der Waals surface area contributed by atoms with Gasteiger partial charge < -0.3 is 26.0 Å². The zero-order valence-corrected chi connectivity index (χ0v) is 23.1. The molecule has 0 spiro atoms. The van der Waals surface area contributed by atoms with Crippen molar-refractivity contribution in [2.45, 2.75) is 6.92 Å². The van der Waals surface area contributed by atoms with Crippen LogP contribution in [0, 0.1) is 47.4 Å². The summed E-state index contributed by atoms with van der Waals surface area (Å²) in [5.74, 6) is -0.828. The van der Waals surface area contributed by atoms with Gasteiger partial charge in [-0.2, -0.15) is 0 Å². The van der Waals surface area contributed by atoms with Gasteiger partial charge >= 0.3 is 5.97 Å². The molecule has 4 N–H and O–H groups in total. The molecule has 1 aliphatic rings. The van der Waals surface area contributed by atoms with Crippen LogP contribution in [0.15, 0.2) is 60.7 Å². The van der Waals surface area contributed by atoms with Gasteiger partial charge in [0.1, 0.15) is 22.7 Å². The lowest BCUT2D eigenvalue weighted by atomic mass is 10.1. The molecular weight excluding hydrogens is 596 g/mol. The number of nitro benzene ring substituents is 4. The van der Waals surface area contributed by atoms with Gasteiger partial charge in [-0.15, -0.1) is 0 Å². The number of carbonyl (C=O) groups is 1. The fraction of sp³-hybridized carbons (Fsp3) is 0.0741. The van der Waals surface area contributed by atoms with Crippen LogP contribution in [0.4, 0.5) is 68.2 Å². The van der Waals surface area contributed by atoms with Crippen LogP contribution in [-0.2, 0) is 4.74 Å². The first kappa shape index (κ1) is 29.6. The van der Waals surface area contributed by atoms with Crippen LogP contribution in [-0.4, -0.2) is 32.8 Å². The minimum atomic E-state index is -0.828. The van der Waals surface area contributed by atoms with Gasteiger partial charge in [0.2, 0.25) is 0 Å². The van der Waals surface area contributed by atoms with Crippen LogP contribution in [0.25, 0.3) is 0 Å². The van der Waals surface area contributed by atoms with Crippen LogP contribution >= 0.6 is 0 Å². The van der Waals surface area contributed by atoms with Crippen molar-refractivity contribution in [3.63, 3.8) is 0 Å². The third kappa shape index (κ3) is 5.91. The SMILES string of the molecule is COC(=O)c1cc2cc(c1)Nc1cc(c([N+](=O)[O-])cc1[N+](=O)[O-])Nc1cc(ccc1C)Nc1cc(c([N+](=O)[O-])cc1[N+](=O)[O-])N2. The second-order valence-corrected chi connectivity index (χ2v) is 9.62. The van der Waals surface area contributed by atoms with E-state index in [1.807, 2.05) is 0 Å². The summed E-state index contributed by atoms with van der Waals surface area (Å²) in [7, 11) is 1.11. The van der Waals surface area contributed by atoms with E-state index in [9.17, 15) is 45.3 Å². The first-order valence-corrected chi connectivity index (χ1v) is 12.7. The molecule has 5 rings (SSSR count). The van der Waals surface area contributed by atoms with Gasteiger partial charge in [0, 0.05) is 22.7 Å². The highest BCUT2D eigenvalue weighted by Gasteiger charge is 2.28. The summed E-state index contributed by atoms with van der Waals surface area (Å²) in [6, 6.07) is 12.4. The van der Waals surface area contributed by atoms with Crippen molar-refractivity contribution in [3.05, 3.63) is 112 Å². The number of nitro groups is 4. The van der Waals surface area contributed by atoms with E-state index in [1.54, 1.807) is 19.1 Å². The molecule has 18 heteroatoms. The Hall–Kier alpha value is -6.85. The van der Waals surface area contributed by atoms with Crippen LogP contribution < -0.4 is 21.3 Å². The van der Waals surface area contributed by atoms with E-state index in [1.165, 1.54) is 24.3 Å². The molecule has 0 unspecified atom stereocenters. The molecule has 0 amide bonds. The zero-order valence-electron chi connectivity index (χ0n) is 23.1. The topological polar surface area (TPSA) is 247 Å². The molecule has 0 aromatic heterocycles. The van der Waals surface area contributed by atoms with Crippen molar-refractivity contribution < 1.29 is 29.2 Å². The quantitative estimate of drug-likeness (QED) is 0.0911. The minimum Gasteiger partial charge on any atom is -0.465 e. The second-order valence-electron chi connectivity index (χ2n) is 9.62. The highest BCUT2D eigenvalue weighted by molar-refractivity contribution is 5.94. The summed E-state index contributed by atoms with van der Waals surface area (Å²) in [5, 5.41) is 59.2. The number of ether oxygens (including phenoxy) is 1. The average molecular weight is 617 g/mol. The number of esters is 1. The van der Waals surface area contributed by atoms with Gasteiger partial charge in [-0.3, -0.25) is 40.5 Å². The number of carbonyl (C=O) groups excluding carboxylic acids is 1. The Morgan fingerprint density at radius 1 is 0.556 bits per heavy atom. The number of hydrogen-bond acceptors (Lipinski definition) is 14. The Balaban J connectivity index is 1.83. The number of anilines is 8. The summed E-state index contributed by atoms with van der Waals surface area (Å²) in [6.45, 7) is 1.68. The third-order valence-corrected chi connectivity index (χ3v) is 6.71. The number of nitrogens with zero attached hydrogens (tertiary/aromatic N) is 4. The third-order valence-electron chi connectivity index (χ3n) is 6.71. The number of hydrogen-bond donors (Lipinski definition) is 4. The van der Waals surface area contributed by atoms with E-state index in [2.05, 4.69) is 21.3 Å². The monoisotopic (exact) mass is 616 g/mol. The number of aryl methyl sites for hydroxylation is 1. The molecule has 0 saturated carbocycles. The molecule has 1 aliphatic heterocycles. The number of nitrogens with one attached hydrogen (secondary N) is 4. The molecule has 0 atom stereocenters. The molecule has 4 aromatic carbocycles. The summed E-state index contributed by atoms with van der Waals surface area (Å²) in [5.41, 5.74) is -2.04. The molecule has 228 valence electrons. The Bertz CT molecular complexity index is 1960. The molecule has 0 aliphatic carbocycles. The van der Waals surface area contributed by atoms with Gasteiger partial charge in [0.25, 0.3) is 22.7 Å². The van der Waals surface area contributed by atoms with Crippen LogP contribution in [0.3, 0.4) is 0 Å². The second kappa shape index (κ2) is 11.4. The van der Waals surface area contributed by atoms with Gasteiger partial charge in [-0.05, 0) is 55.0 Å².